The summed E-state index contributed by atoms with van der Waals surface area (Å²) >= 11 is 0. The van der Waals surface area contributed by atoms with Crippen LogP contribution in [0.25, 0.3) is 10.9 Å². The average Bonchev–Trinajstić information content (AvgIpc) is 3.12. The third kappa shape index (κ3) is 2.22. The van der Waals surface area contributed by atoms with Gasteiger partial charge < -0.3 is 9.72 Å². The molecule has 124 valence electrons. The Hall–Kier alpha value is -2.60. The molecule has 3 aromatic rings. The third-order valence-electron chi connectivity index (χ3n) is 4.76. The van der Waals surface area contributed by atoms with Crippen molar-refractivity contribution in [2.75, 3.05) is 7.11 Å². The van der Waals surface area contributed by atoms with Crippen LogP contribution in [0.3, 0.4) is 0 Å². The molecule has 1 aliphatic rings. The number of fused-ring (bicyclic) bond motifs is 3. The summed E-state index contributed by atoms with van der Waals surface area (Å²) < 4.78 is 6.78. The summed E-state index contributed by atoms with van der Waals surface area (Å²) in [5.41, 5.74) is 5.38. The molecule has 0 bridgehead atoms. The van der Waals surface area contributed by atoms with Gasteiger partial charge in [-0.25, -0.2) is 0 Å². The predicted octanol–water partition coefficient (Wildman–Crippen LogP) is 1.99. The van der Waals surface area contributed by atoms with Gasteiger partial charge in [-0.3, -0.25) is 14.8 Å². The van der Waals surface area contributed by atoms with Crippen molar-refractivity contribution in [1.29, 1.82) is 0 Å². The molecule has 0 amide bonds. The second-order valence-corrected chi connectivity index (χ2v) is 6.29. The smallest absolute Gasteiger partial charge is 0.323 e. The Morgan fingerprint density at radius 2 is 2.17 bits per heavy atom. The number of H-pyrrole nitrogens is 1. The minimum absolute atomic E-state index is 0.112. The number of benzene rings is 1. The predicted molar refractivity (Wildman–Crippen MR) is 90.7 cm³/mol. The SMILES string of the molecule is COC(=O)C1Cc2c([nH]c3ccccc23)C(c2cn(C)nc2C)N1. The Labute approximate surface area is 139 Å². The molecular formula is C18H20N4O2. The lowest BCUT2D eigenvalue weighted by atomic mass is 9.90. The molecule has 3 heterocycles. The van der Waals surface area contributed by atoms with E-state index in [0.717, 1.165) is 27.9 Å². The summed E-state index contributed by atoms with van der Waals surface area (Å²) in [5, 5.41) is 9.04. The Morgan fingerprint density at radius 3 is 2.88 bits per heavy atom. The maximum absolute atomic E-state index is 12.2. The largest absolute Gasteiger partial charge is 0.468 e. The van der Waals surface area contributed by atoms with Crippen molar-refractivity contribution >= 4 is 16.9 Å². The van der Waals surface area contributed by atoms with Gasteiger partial charge in [0.2, 0.25) is 0 Å². The molecular weight excluding hydrogens is 304 g/mol. The molecule has 4 rings (SSSR count). The Kier molecular flexibility index (Phi) is 3.42. The average molecular weight is 324 g/mol. The molecule has 6 nitrogen and oxygen atoms in total. The van der Waals surface area contributed by atoms with Crippen molar-refractivity contribution < 1.29 is 9.53 Å². The van der Waals surface area contributed by atoms with Crippen LogP contribution in [-0.2, 0) is 23.0 Å². The van der Waals surface area contributed by atoms with Gasteiger partial charge in [0.05, 0.1) is 18.8 Å². The highest BCUT2D eigenvalue weighted by Gasteiger charge is 2.35. The second-order valence-electron chi connectivity index (χ2n) is 6.29. The minimum atomic E-state index is -0.369. The van der Waals surface area contributed by atoms with Gasteiger partial charge in [0.1, 0.15) is 6.04 Å². The number of nitrogens with zero attached hydrogens (tertiary/aromatic N) is 2. The number of methoxy groups -OCH3 is 1. The maximum Gasteiger partial charge on any atom is 0.323 e. The summed E-state index contributed by atoms with van der Waals surface area (Å²) in [6.07, 6.45) is 2.61. The second kappa shape index (κ2) is 5.49. The van der Waals surface area contributed by atoms with Crippen molar-refractivity contribution in [2.24, 2.45) is 7.05 Å². The van der Waals surface area contributed by atoms with Crippen molar-refractivity contribution in [3.8, 4) is 0 Å². The van der Waals surface area contributed by atoms with E-state index in [9.17, 15) is 4.79 Å². The van der Waals surface area contributed by atoms with Gasteiger partial charge in [0.15, 0.2) is 0 Å². The monoisotopic (exact) mass is 324 g/mol. The molecule has 1 aliphatic heterocycles. The van der Waals surface area contributed by atoms with Crippen LogP contribution in [0, 0.1) is 6.92 Å². The molecule has 2 unspecified atom stereocenters. The number of ether oxygens (including phenoxy) is 1. The normalized spacial score (nSPS) is 20.1. The number of aromatic amines is 1. The zero-order valence-corrected chi connectivity index (χ0v) is 14.0. The first-order valence-corrected chi connectivity index (χ1v) is 8.02. The lowest BCUT2D eigenvalue weighted by Crippen LogP contribution is -2.45. The van der Waals surface area contributed by atoms with Crippen LogP contribution in [0.1, 0.15) is 28.6 Å². The fraction of sp³-hybridized carbons (Fsp3) is 0.333. The lowest BCUT2D eigenvalue weighted by Gasteiger charge is -2.29. The molecule has 2 aromatic heterocycles. The van der Waals surface area contributed by atoms with Gasteiger partial charge in [-0.15, -0.1) is 0 Å². The molecule has 6 heteroatoms. The van der Waals surface area contributed by atoms with Gasteiger partial charge in [-0.1, -0.05) is 18.2 Å². The number of hydrogen-bond donors (Lipinski definition) is 2. The van der Waals surface area contributed by atoms with E-state index in [2.05, 4.69) is 27.5 Å². The number of esters is 1. The van der Waals surface area contributed by atoms with Crippen LogP contribution in [0.15, 0.2) is 30.5 Å². The lowest BCUT2D eigenvalue weighted by molar-refractivity contribution is -0.143. The van der Waals surface area contributed by atoms with E-state index in [1.807, 2.05) is 32.3 Å². The van der Waals surface area contributed by atoms with Crippen molar-refractivity contribution in [1.82, 2.24) is 20.1 Å². The molecule has 0 saturated heterocycles. The van der Waals surface area contributed by atoms with Gasteiger partial charge in [0, 0.05) is 41.8 Å². The Morgan fingerprint density at radius 1 is 1.38 bits per heavy atom. The summed E-state index contributed by atoms with van der Waals surface area (Å²) in [6, 6.07) is 7.71. The summed E-state index contributed by atoms with van der Waals surface area (Å²) in [6.45, 7) is 1.99. The van der Waals surface area contributed by atoms with Crippen molar-refractivity contribution in [3.05, 3.63) is 53.0 Å². The molecule has 0 saturated carbocycles. The minimum Gasteiger partial charge on any atom is -0.468 e. The molecule has 0 radical (unpaired) electrons. The number of rotatable bonds is 2. The highest BCUT2D eigenvalue weighted by atomic mass is 16.5. The van der Waals surface area contributed by atoms with Crippen LogP contribution in [0.4, 0.5) is 0 Å². The van der Waals surface area contributed by atoms with Gasteiger partial charge in [0.25, 0.3) is 0 Å². The zero-order valence-electron chi connectivity index (χ0n) is 14.0. The zero-order chi connectivity index (χ0) is 16.8. The van der Waals surface area contributed by atoms with Crippen LogP contribution in [-0.4, -0.2) is 33.9 Å². The number of carbonyl (C=O) groups excluding carboxylic acids is 1. The summed E-state index contributed by atoms with van der Waals surface area (Å²) in [7, 11) is 3.34. The number of aromatic nitrogens is 3. The number of para-hydroxylation sites is 1. The van der Waals surface area contributed by atoms with E-state index in [1.54, 1.807) is 4.68 Å². The Bertz CT molecular complexity index is 924. The van der Waals surface area contributed by atoms with E-state index in [-0.39, 0.29) is 18.1 Å². The van der Waals surface area contributed by atoms with Gasteiger partial charge >= 0.3 is 5.97 Å². The molecule has 0 aliphatic carbocycles. The van der Waals surface area contributed by atoms with Crippen molar-refractivity contribution in [3.63, 3.8) is 0 Å². The van der Waals surface area contributed by atoms with Crippen LogP contribution >= 0.6 is 0 Å². The number of hydrogen-bond acceptors (Lipinski definition) is 4. The molecule has 0 fully saturated rings. The first kappa shape index (κ1) is 15.0. The van der Waals surface area contributed by atoms with Crippen molar-refractivity contribution in [2.45, 2.75) is 25.4 Å². The van der Waals surface area contributed by atoms with E-state index in [0.29, 0.717) is 6.42 Å². The molecule has 2 atom stereocenters. The summed E-state index contributed by atoms with van der Waals surface area (Å²) in [4.78, 5) is 15.7. The summed E-state index contributed by atoms with van der Waals surface area (Å²) in [5.74, 6) is -0.238. The van der Waals surface area contributed by atoms with E-state index in [1.165, 1.54) is 12.7 Å². The van der Waals surface area contributed by atoms with Crippen LogP contribution in [0.5, 0.6) is 0 Å². The van der Waals surface area contributed by atoms with Crippen LogP contribution in [0.2, 0.25) is 0 Å². The van der Waals surface area contributed by atoms with E-state index >= 15 is 0 Å². The highest BCUT2D eigenvalue weighted by Crippen LogP contribution is 2.36. The standard InChI is InChI=1S/C18H20N4O2/c1-10-13(9-22(2)21-10)17-16-12(8-15(20-17)18(23)24-3)11-6-4-5-7-14(11)19-16/h4-7,9,15,17,19-20H,8H2,1-3H3. The van der Waals surface area contributed by atoms with E-state index in [4.69, 9.17) is 4.74 Å². The number of aryl methyl sites for hydroxylation is 2. The van der Waals surface area contributed by atoms with Gasteiger partial charge in [-0.2, -0.15) is 5.10 Å². The number of carbonyl (C=O) groups is 1. The Balaban J connectivity index is 1.90. The van der Waals surface area contributed by atoms with E-state index < -0.39 is 0 Å². The molecule has 24 heavy (non-hydrogen) atoms. The van der Waals surface area contributed by atoms with Gasteiger partial charge in [-0.05, 0) is 18.6 Å². The maximum atomic E-state index is 12.2. The van der Waals surface area contributed by atoms with Crippen LogP contribution < -0.4 is 5.32 Å². The fourth-order valence-electron chi connectivity index (χ4n) is 3.68. The quantitative estimate of drug-likeness (QED) is 0.707. The first-order valence-electron chi connectivity index (χ1n) is 8.02. The first-order chi connectivity index (χ1) is 11.6. The fourth-order valence-corrected chi connectivity index (χ4v) is 3.68. The highest BCUT2D eigenvalue weighted by molar-refractivity contribution is 5.87. The topological polar surface area (TPSA) is 71.9 Å². The third-order valence-corrected chi connectivity index (χ3v) is 4.76. The molecule has 2 N–H and O–H groups in total. The number of nitrogens with one attached hydrogen (secondary N) is 2. The molecule has 1 aromatic carbocycles. The molecule has 0 spiro atoms.